The van der Waals surface area contributed by atoms with Crippen molar-refractivity contribution in [2.24, 2.45) is 0 Å². The number of hydrogen-bond acceptors (Lipinski definition) is 5. The summed E-state index contributed by atoms with van der Waals surface area (Å²) in [5.41, 5.74) is 0. The first-order chi connectivity index (χ1) is 30.5. The fraction of sp³-hybridized carbons (Fsp3) is 0.857. The van der Waals surface area contributed by atoms with Gasteiger partial charge in [0.25, 0.3) is 0 Å². The number of aliphatic hydroxyl groups is 2. The fourth-order valence-corrected chi connectivity index (χ4v) is 8.15. The second-order valence-electron chi connectivity index (χ2n) is 18.5. The molecule has 364 valence electrons. The van der Waals surface area contributed by atoms with Crippen LogP contribution in [0.5, 0.6) is 0 Å². The molecule has 0 aliphatic heterocycles. The topological polar surface area (TPSA) is 95.9 Å². The lowest BCUT2D eigenvalue weighted by Gasteiger charge is -2.20. The zero-order valence-corrected chi connectivity index (χ0v) is 41.4. The van der Waals surface area contributed by atoms with Crippen molar-refractivity contribution >= 4 is 11.9 Å². The normalized spacial score (nSPS) is 12.9. The van der Waals surface area contributed by atoms with E-state index in [9.17, 15) is 19.8 Å². The van der Waals surface area contributed by atoms with E-state index in [4.69, 9.17) is 4.74 Å². The first-order valence-electron chi connectivity index (χ1n) is 27.3. The van der Waals surface area contributed by atoms with E-state index >= 15 is 0 Å². The summed E-state index contributed by atoms with van der Waals surface area (Å²) in [7, 11) is 0. The summed E-state index contributed by atoms with van der Waals surface area (Å²) >= 11 is 0. The zero-order chi connectivity index (χ0) is 45.1. The summed E-state index contributed by atoms with van der Waals surface area (Å²) < 4.78 is 5.45. The summed E-state index contributed by atoms with van der Waals surface area (Å²) in [5, 5.41) is 23.1. The van der Waals surface area contributed by atoms with Crippen molar-refractivity contribution in [3.63, 3.8) is 0 Å². The molecule has 6 heteroatoms. The van der Waals surface area contributed by atoms with Crippen LogP contribution in [0.4, 0.5) is 0 Å². The number of allylic oxidation sites excluding steroid dienone is 5. The van der Waals surface area contributed by atoms with Crippen LogP contribution >= 0.6 is 0 Å². The molecule has 0 aliphatic carbocycles. The Morgan fingerprint density at radius 3 is 1.18 bits per heavy atom. The summed E-state index contributed by atoms with van der Waals surface area (Å²) in [6.07, 6.45) is 62.9. The van der Waals surface area contributed by atoms with E-state index in [1.54, 1.807) is 6.08 Å². The average Bonchev–Trinajstić information content (AvgIpc) is 3.27. The van der Waals surface area contributed by atoms with E-state index in [0.717, 1.165) is 64.2 Å². The molecular formula is C56H105NO5. The van der Waals surface area contributed by atoms with Gasteiger partial charge in [-0.05, 0) is 83.5 Å². The van der Waals surface area contributed by atoms with Gasteiger partial charge in [0.05, 0.1) is 25.4 Å². The van der Waals surface area contributed by atoms with Crippen molar-refractivity contribution in [1.82, 2.24) is 5.32 Å². The summed E-state index contributed by atoms with van der Waals surface area (Å²) in [5.74, 6) is -0.0909. The highest BCUT2D eigenvalue weighted by molar-refractivity contribution is 5.76. The molecule has 0 aliphatic rings. The molecule has 2 atom stereocenters. The van der Waals surface area contributed by atoms with Crippen LogP contribution in [0.3, 0.4) is 0 Å². The van der Waals surface area contributed by atoms with E-state index in [1.807, 2.05) is 6.08 Å². The number of aliphatic hydroxyl groups excluding tert-OH is 2. The maximum absolute atomic E-state index is 12.4. The monoisotopic (exact) mass is 872 g/mol. The van der Waals surface area contributed by atoms with Gasteiger partial charge in [-0.3, -0.25) is 9.59 Å². The molecule has 0 rings (SSSR count). The minimum absolute atomic E-state index is 0.00847. The van der Waals surface area contributed by atoms with Gasteiger partial charge < -0.3 is 20.3 Å². The van der Waals surface area contributed by atoms with Crippen molar-refractivity contribution in [2.75, 3.05) is 13.2 Å². The van der Waals surface area contributed by atoms with Crippen molar-refractivity contribution in [2.45, 2.75) is 296 Å². The van der Waals surface area contributed by atoms with Crippen molar-refractivity contribution in [3.8, 4) is 0 Å². The fourth-order valence-electron chi connectivity index (χ4n) is 8.15. The lowest BCUT2D eigenvalue weighted by Crippen LogP contribution is -2.45. The molecule has 6 nitrogen and oxygen atoms in total. The molecular weight excluding hydrogens is 767 g/mol. The molecule has 3 N–H and O–H groups in total. The predicted molar refractivity (Wildman–Crippen MR) is 269 cm³/mol. The van der Waals surface area contributed by atoms with Crippen molar-refractivity contribution in [3.05, 3.63) is 36.5 Å². The van der Waals surface area contributed by atoms with E-state index in [-0.39, 0.29) is 18.5 Å². The first-order valence-corrected chi connectivity index (χ1v) is 27.3. The van der Waals surface area contributed by atoms with Gasteiger partial charge in [0.1, 0.15) is 0 Å². The Morgan fingerprint density at radius 2 is 0.758 bits per heavy atom. The minimum Gasteiger partial charge on any atom is -0.466 e. The Labute approximate surface area is 385 Å². The van der Waals surface area contributed by atoms with Crippen LogP contribution in [-0.4, -0.2) is 47.4 Å². The van der Waals surface area contributed by atoms with Gasteiger partial charge in [-0.2, -0.15) is 0 Å². The molecule has 0 spiro atoms. The van der Waals surface area contributed by atoms with Gasteiger partial charge in [-0.25, -0.2) is 0 Å². The SMILES string of the molecule is CCCCC/C=C\CCCCCCCC(=O)OCCCCCCCCCCC/C=C\CCCCCCCC(=O)NC(CO)C(O)/C=C/CCCCCCCCCCCCCCC. The van der Waals surface area contributed by atoms with E-state index in [0.29, 0.717) is 19.4 Å². The van der Waals surface area contributed by atoms with E-state index in [2.05, 4.69) is 43.5 Å². The quantitative estimate of drug-likeness (QED) is 0.0321. The van der Waals surface area contributed by atoms with Crippen LogP contribution in [0.25, 0.3) is 0 Å². The molecule has 0 aromatic heterocycles. The maximum Gasteiger partial charge on any atom is 0.305 e. The van der Waals surface area contributed by atoms with Gasteiger partial charge in [0, 0.05) is 12.8 Å². The smallest absolute Gasteiger partial charge is 0.305 e. The second kappa shape index (κ2) is 51.7. The minimum atomic E-state index is -0.853. The molecule has 0 aromatic rings. The number of carbonyl (C=O) groups excluding carboxylic acids is 2. The molecule has 0 heterocycles. The van der Waals surface area contributed by atoms with Gasteiger partial charge >= 0.3 is 5.97 Å². The molecule has 2 unspecified atom stereocenters. The Kier molecular flexibility index (Phi) is 50.1. The summed E-state index contributed by atoms with van der Waals surface area (Å²) in [6.45, 7) is 4.86. The Balaban J connectivity index is 3.49. The molecule has 1 amide bonds. The molecule has 0 bridgehead atoms. The maximum atomic E-state index is 12.4. The number of esters is 1. The van der Waals surface area contributed by atoms with Gasteiger partial charge in [-0.1, -0.05) is 224 Å². The molecule has 0 fully saturated rings. The number of amides is 1. The van der Waals surface area contributed by atoms with Gasteiger partial charge in [-0.15, -0.1) is 0 Å². The number of nitrogens with one attached hydrogen (secondary N) is 1. The van der Waals surface area contributed by atoms with Gasteiger partial charge in [0.2, 0.25) is 5.91 Å². The second-order valence-corrected chi connectivity index (χ2v) is 18.5. The molecule has 62 heavy (non-hydrogen) atoms. The summed E-state index contributed by atoms with van der Waals surface area (Å²) in [4.78, 5) is 24.4. The zero-order valence-electron chi connectivity index (χ0n) is 41.4. The van der Waals surface area contributed by atoms with Crippen LogP contribution in [0.2, 0.25) is 0 Å². The molecule has 0 saturated carbocycles. The Bertz CT molecular complexity index is 1010. The summed E-state index contributed by atoms with van der Waals surface area (Å²) in [6, 6.07) is -0.638. The largest absolute Gasteiger partial charge is 0.466 e. The lowest BCUT2D eigenvalue weighted by molar-refractivity contribution is -0.143. The van der Waals surface area contributed by atoms with Crippen molar-refractivity contribution < 1.29 is 24.5 Å². The third-order valence-electron chi connectivity index (χ3n) is 12.4. The van der Waals surface area contributed by atoms with Crippen LogP contribution in [0.1, 0.15) is 284 Å². The Morgan fingerprint density at radius 1 is 0.435 bits per heavy atom. The number of ether oxygens (including phenoxy) is 1. The standard InChI is InChI=1S/C56H105NO5/c1-3-5-7-9-11-13-15-17-22-25-28-32-36-40-44-48-54(59)53(52-58)57-55(60)49-45-41-37-33-29-26-23-20-18-19-21-24-27-31-35-39-43-47-51-62-56(61)50-46-42-38-34-30-16-14-12-10-8-6-4-2/h12,14,20,23,44,48,53-54,58-59H,3-11,13,15-19,21-22,24-43,45-47,49-52H2,1-2H3,(H,57,60)/b14-12-,23-20-,48-44+. The highest BCUT2D eigenvalue weighted by atomic mass is 16.5. The number of hydrogen-bond donors (Lipinski definition) is 3. The lowest BCUT2D eigenvalue weighted by atomic mass is 10.0. The molecule has 0 aromatic carbocycles. The average molecular weight is 872 g/mol. The third kappa shape index (κ3) is 47.6. The molecule has 0 saturated heterocycles. The van der Waals surface area contributed by atoms with Crippen LogP contribution < -0.4 is 5.32 Å². The van der Waals surface area contributed by atoms with E-state index < -0.39 is 12.1 Å². The van der Waals surface area contributed by atoms with Crippen LogP contribution in [0, 0.1) is 0 Å². The van der Waals surface area contributed by atoms with Crippen LogP contribution in [-0.2, 0) is 14.3 Å². The number of carbonyl (C=O) groups is 2. The predicted octanol–water partition coefficient (Wildman–Crippen LogP) is 16.5. The third-order valence-corrected chi connectivity index (χ3v) is 12.4. The van der Waals surface area contributed by atoms with Gasteiger partial charge in [0.15, 0.2) is 0 Å². The highest BCUT2D eigenvalue weighted by Gasteiger charge is 2.18. The first kappa shape index (κ1) is 60.1. The van der Waals surface area contributed by atoms with Crippen molar-refractivity contribution in [1.29, 1.82) is 0 Å². The van der Waals surface area contributed by atoms with Crippen LogP contribution in [0.15, 0.2) is 36.5 Å². The highest BCUT2D eigenvalue weighted by Crippen LogP contribution is 2.15. The number of rotatable bonds is 50. The van der Waals surface area contributed by atoms with E-state index in [1.165, 1.54) is 193 Å². The number of unbranched alkanes of at least 4 members (excludes halogenated alkanes) is 35. The Hall–Kier alpha value is -1.92. The molecule has 0 radical (unpaired) electrons.